The van der Waals surface area contributed by atoms with Crippen LogP contribution in [0.3, 0.4) is 0 Å². The Bertz CT molecular complexity index is 348. The van der Waals surface area contributed by atoms with Crippen molar-refractivity contribution in [1.29, 1.82) is 0 Å². The summed E-state index contributed by atoms with van der Waals surface area (Å²) in [7, 11) is 0. The van der Waals surface area contributed by atoms with Crippen LogP contribution < -0.4 is 5.32 Å². The van der Waals surface area contributed by atoms with E-state index in [0.717, 1.165) is 18.7 Å². The van der Waals surface area contributed by atoms with Gasteiger partial charge in [0.05, 0.1) is 6.54 Å². The van der Waals surface area contributed by atoms with E-state index in [-0.39, 0.29) is 5.91 Å². The van der Waals surface area contributed by atoms with Gasteiger partial charge in [-0.05, 0) is 31.6 Å². The van der Waals surface area contributed by atoms with Gasteiger partial charge in [0.1, 0.15) is 5.82 Å². The van der Waals surface area contributed by atoms with Crippen LogP contribution in [-0.2, 0) is 4.79 Å². The lowest BCUT2D eigenvalue weighted by Gasteiger charge is -2.17. The van der Waals surface area contributed by atoms with E-state index in [1.165, 1.54) is 0 Å². The third-order valence-electron chi connectivity index (χ3n) is 2.53. The van der Waals surface area contributed by atoms with Crippen molar-refractivity contribution in [3.63, 3.8) is 0 Å². The highest BCUT2D eigenvalue weighted by Crippen LogP contribution is 2.08. The third-order valence-corrected chi connectivity index (χ3v) is 2.53. The maximum Gasteiger partial charge on any atom is 0.239 e. The van der Waals surface area contributed by atoms with Gasteiger partial charge in [-0.1, -0.05) is 19.9 Å². The van der Waals surface area contributed by atoms with Gasteiger partial charge in [0.2, 0.25) is 5.91 Å². The average molecular weight is 221 g/mol. The van der Waals surface area contributed by atoms with Crippen molar-refractivity contribution in [2.45, 2.75) is 20.8 Å². The first-order chi connectivity index (χ1) is 7.67. The standard InChI is InChI=1S/C12H19N3O/c1-4-15(5-2)9-11(16)14-12-10(3)7-6-8-13-12/h6-8H,4-5,9H2,1-3H3,(H,13,14,16). The van der Waals surface area contributed by atoms with Crippen molar-refractivity contribution in [2.24, 2.45) is 0 Å². The molecule has 4 heteroatoms. The van der Waals surface area contributed by atoms with E-state index in [4.69, 9.17) is 0 Å². The number of carbonyl (C=O) groups is 1. The summed E-state index contributed by atoms with van der Waals surface area (Å²) in [5, 5.41) is 2.82. The molecule has 0 saturated heterocycles. The Morgan fingerprint density at radius 3 is 2.69 bits per heavy atom. The minimum Gasteiger partial charge on any atom is -0.309 e. The van der Waals surface area contributed by atoms with E-state index in [9.17, 15) is 4.79 Å². The van der Waals surface area contributed by atoms with E-state index in [2.05, 4.69) is 15.2 Å². The number of pyridine rings is 1. The Labute approximate surface area is 96.7 Å². The molecule has 0 radical (unpaired) electrons. The van der Waals surface area contributed by atoms with Crippen LogP contribution in [0.2, 0.25) is 0 Å². The Morgan fingerprint density at radius 1 is 1.44 bits per heavy atom. The number of carbonyl (C=O) groups excluding carboxylic acids is 1. The van der Waals surface area contributed by atoms with E-state index in [1.807, 2.05) is 32.9 Å². The first-order valence-electron chi connectivity index (χ1n) is 5.61. The van der Waals surface area contributed by atoms with Crippen molar-refractivity contribution in [2.75, 3.05) is 25.0 Å². The fraction of sp³-hybridized carbons (Fsp3) is 0.500. The van der Waals surface area contributed by atoms with Gasteiger partial charge >= 0.3 is 0 Å². The zero-order valence-corrected chi connectivity index (χ0v) is 10.2. The molecule has 16 heavy (non-hydrogen) atoms. The maximum atomic E-state index is 11.7. The van der Waals surface area contributed by atoms with Gasteiger partial charge in [-0.25, -0.2) is 4.98 Å². The Morgan fingerprint density at radius 2 is 2.12 bits per heavy atom. The fourth-order valence-electron chi connectivity index (χ4n) is 1.44. The van der Waals surface area contributed by atoms with Crippen LogP contribution in [0, 0.1) is 6.92 Å². The number of amides is 1. The molecule has 0 unspecified atom stereocenters. The number of nitrogens with zero attached hydrogens (tertiary/aromatic N) is 2. The fourth-order valence-corrected chi connectivity index (χ4v) is 1.44. The first-order valence-corrected chi connectivity index (χ1v) is 5.61. The second-order valence-corrected chi connectivity index (χ2v) is 3.68. The molecule has 1 heterocycles. The van der Waals surface area contributed by atoms with Crippen molar-refractivity contribution in [1.82, 2.24) is 9.88 Å². The highest BCUT2D eigenvalue weighted by molar-refractivity contribution is 5.91. The van der Waals surface area contributed by atoms with Crippen molar-refractivity contribution >= 4 is 11.7 Å². The van der Waals surface area contributed by atoms with Crippen LogP contribution in [-0.4, -0.2) is 35.4 Å². The van der Waals surface area contributed by atoms with Gasteiger partial charge in [-0.15, -0.1) is 0 Å². The summed E-state index contributed by atoms with van der Waals surface area (Å²) in [6.07, 6.45) is 1.68. The van der Waals surface area contributed by atoms with Gasteiger partial charge in [0, 0.05) is 6.20 Å². The van der Waals surface area contributed by atoms with E-state index in [0.29, 0.717) is 12.4 Å². The van der Waals surface area contributed by atoms with Crippen LogP contribution in [0.15, 0.2) is 18.3 Å². The van der Waals surface area contributed by atoms with Gasteiger partial charge in [-0.3, -0.25) is 9.69 Å². The molecule has 0 bridgehead atoms. The summed E-state index contributed by atoms with van der Waals surface area (Å²) < 4.78 is 0. The summed E-state index contributed by atoms with van der Waals surface area (Å²) in [6.45, 7) is 8.20. The predicted octanol–water partition coefficient (Wildman–Crippen LogP) is 1.67. The summed E-state index contributed by atoms with van der Waals surface area (Å²) in [6, 6.07) is 3.79. The molecule has 0 aliphatic heterocycles. The molecular weight excluding hydrogens is 202 g/mol. The van der Waals surface area contributed by atoms with Crippen LogP contribution in [0.5, 0.6) is 0 Å². The van der Waals surface area contributed by atoms with Gasteiger partial charge in [0.25, 0.3) is 0 Å². The minimum atomic E-state index is -0.00880. The third kappa shape index (κ3) is 3.62. The monoisotopic (exact) mass is 221 g/mol. The number of hydrogen-bond donors (Lipinski definition) is 1. The Hall–Kier alpha value is -1.42. The van der Waals surface area contributed by atoms with E-state index >= 15 is 0 Å². The lowest BCUT2D eigenvalue weighted by atomic mass is 10.3. The quantitative estimate of drug-likeness (QED) is 0.822. The topological polar surface area (TPSA) is 45.2 Å². The number of aromatic nitrogens is 1. The summed E-state index contributed by atoms with van der Waals surface area (Å²) in [5.41, 5.74) is 0.982. The van der Waals surface area contributed by atoms with Gasteiger partial charge in [-0.2, -0.15) is 0 Å². The zero-order chi connectivity index (χ0) is 12.0. The number of rotatable bonds is 5. The lowest BCUT2D eigenvalue weighted by molar-refractivity contribution is -0.117. The molecule has 0 fully saturated rings. The second-order valence-electron chi connectivity index (χ2n) is 3.68. The van der Waals surface area contributed by atoms with Crippen LogP contribution >= 0.6 is 0 Å². The highest BCUT2D eigenvalue weighted by Gasteiger charge is 2.08. The summed E-state index contributed by atoms with van der Waals surface area (Å²) >= 11 is 0. The first kappa shape index (κ1) is 12.6. The molecule has 0 aromatic carbocycles. The molecule has 0 saturated carbocycles. The predicted molar refractivity (Wildman–Crippen MR) is 65.4 cm³/mol. The van der Waals surface area contributed by atoms with Crippen molar-refractivity contribution < 1.29 is 4.79 Å². The summed E-state index contributed by atoms with van der Waals surface area (Å²) in [5.74, 6) is 0.644. The maximum absolute atomic E-state index is 11.7. The molecule has 88 valence electrons. The number of likely N-dealkylation sites (N-methyl/N-ethyl adjacent to an activating group) is 1. The molecule has 1 aromatic heterocycles. The normalized spacial score (nSPS) is 10.5. The van der Waals surface area contributed by atoms with Gasteiger partial charge < -0.3 is 5.32 Å². The number of aryl methyl sites for hydroxylation is 1. The molecule has 0 aliphatic carbocycles. The highest BCUT2D eigenvalue weighted by atomic mass is 16.2. The molecule has 4 nitrogen and oxygen atoms in total. The Balaban J connectivity index is 2.55. The molecule has 0 spiro atoms. The zero-order valence-electron chi connectivity index (χ0n) is 10.2. The van der Waals surface area contributed by atoms with E-state index in [1.54, 1.807) is 6.20 Å². The van der Waals surface area contributed by atoms with Crippen LogP contribution in [0.25, 0.3) is 0 Å². The Kier molecular flexibility index (Phi) is 4.92. The lowest BCUT2D eigenvalue weighted by Crippen LogP contribution is -2.33. The van der Waals surface area contributed by atoms with Crippen LogP contribution in [0.4, 0.5) is 5.82 Å². The smallest absolute Gasteiger partial charge is 0.239 e. The minimum absolute atomic E-state index is 0.00880. The summed E-state index contributed by atoms with van der Waals surface area (Å²) in [4.78, 5) is 17.9. The second kappa shape index (κ2) is 6.23. The van der Waals surface area contributed by atoms with Crippen LogP contribution in [0.1, 0.15) is 19.4 Å². The van der Waals surface area contributed by atoms with Crippen molar-refractivity contribution in [3.8, 4) is 0 Å². The molecule has 1 amide bonds. The van der Waals surface area contributed by atoms with E-state index < -0.39 is 0 Å². The molecule has 1 aromatic rings. The SMILES string of the molecule is CCN(CC)CC(=O)Nc1ncccc1C. The molecule has 0 aliphatic rings. The molecule has 1 rings (SSSR count). The van der Waals surface area contributed by atoms with Gasteiger partial charge in [0.15, 0.2) is 0 Å². The average Bonchev–Trinajstić information content (AvgIpc) is 2.29. The molecule has 1 N–H and O–H groups in total. The number of nitrogens with one attached hydrogen (secondary N) is 1. The molecular formula is C12H19N3O. The number of anilines is 1. The van der Waals surface area contributed by atoms with Crippen molar-refractivity contribution in [3.05, 3.63) is 23.9 Å². The molecule has 0 atom stereocenters. The number of hydrogen-bond acceptors (Lipinski definition) is 3. The largest absolute Gasteiger partial charge is 0.309 e.